The first kappa shape index (κ1) is 22.0. The number of nitrogens with one attached hydrogen (secondary N) is 2. The number of hydrogen-bond donors (Lipinski definition) is 2. The van der Waals surface area contributed by atoms with Gasteiger partial charge < -0.3 is 10.6 Å². The molecule has 0 atom stereocenters. The summed E-state index contributed by atoms with van der Waals surface area (Å²) in [5.41, 5.74) is 3.73. The molecular weight excluding hydrogens is 376 g/mol. The Morgan fingerprint density at radius 3 is 2.70 bits per heavy atom. The molecule has 3 aromatic rings. The number of nitrogens with zero attached hydrogens (tertiary/aromatic N) is 4. The summed E-state index contributed by atoms with van der Waals surface area (Å²) in [5, 5.41) is 15.5. The average molecular weight is 411 g/mol. The largest absolute Gasteiger partial charge is 0.385 e. The molecule has 7 nitrogen and oxygen atoms in total. The number of fused-ring (bicyclic) bond motifs is 3. The lowest BCUT2D eigenvalue weighted by atomic mass is 10.0. The molecular formula is C23H34N6O. The zero-order valence-electron chi connectivity index (χ0n) is 18.7. The van der Waals surface area contributed by atoms with Gasteiger partial charge in [0.05, 0.1) is 11.0 Å². The van der Waals surface area contributed by atoms with Crippen LogP contribution >= 0.6 is 0 Å². The predicted octanol–water partition coefficient (Wildman–Crippen LogP) is 5.00. The van der Waals surface area contributed by atoms with Gasteiger partial charge in [0, 0.05) is 31.6 Å². The zero-order chi connectivity index (χ0) is 21.5. The van der Waals surface area contributed by atoms with Crippen molar-refractivity contribution in [2.75, 3.05) is 23.7 Å². The second-order valence-electron chi connectivity index (χ2n) is 8.37. The van der Waals surface area contributed by atoms with Gasteiger partial charge in [0.25, 0.3) is 0 Å². The molecule has 0 aliphatic heterocycles. The number of hydrogen-bond acceptors (Lipinski definition) is 6. The maximum Gasteiger partial charge on any atom is 0.204 e. The van der Waals surface area contributed by atoms with Crippen molar-refractivity contribution in [1.82, 2.24) is 19.6 Å². The van der Waals surface area contributed by atoms with E-state index in [0.29, 0.717) is 24.5 Å². The number of benzene rings is 1. The highest BCUT2D eigenvalue weighted by Gasteiger charge is 2.13. The molecule has 0 amide bonds. The molecule has 1 aromatic carbocycles. The van der Waals surface area contributed by atoms with Crippen LogP contribution in [0.2, 0.25) is 0 Å². The lowest BCUT2D eigenvalue weighted by Gasteiger charge is -2.11. The highest BCUT2D eigenvalue weighted by atomic mass is 16.1. The summed E-state index contributed by atoms with van der Waals surface area (Å²) in [6.45, 7) is 10.0. The van der Waals surface area contributed by atoms with E-state index in [-0.39, 0.29) is 0 Å². The van der Waals surface area contributed by atoms with Crippen LogP contribution in [0, 0.1) is 12.8 Å². The van der Waals surface area contributed by atoms with E-state index in [9.17, 15) is 4.79 Å². The third-order valence-electron chi connectivity index (χ3n) is 5.13. The number of aromatic nitrogens is 4. The Hall–Kier alpha value is -2.70. The maximum absolute atomic E-state index is 11.8. The van der Waals surface area contributed by atoms with Gasteiger partial charge in [-0.2, -0.15) is 0 Å². The molecule has 0 radical (unpaired) electrons. The lowest BCUT2D eigenvalue weighted by molar-refractivity contribution is -0.119. The maximum atomic E-state index is 11.8. The minimum absolute atomic E-state index is 0.377. The number of unbranched alkanes of at least 4 members (excludes halogenated alkanes) is 2. The van der Waals surface area contributed by atoms with E-state index in [4.69, 9.17) is 4.98 Å². The van der Waals surface area contributed by atoms with Gasteiger partial charge >= 0.3 is 0 Å². The van der Waals surface area contributed by atoms with Crippen LogP contribution in [0.5, 0.6) is 0 Å². The number of carbonyl (C=O) groups excluding carboxylic acids is 1. The number of carbonyl (C=O) groups is 1. The minimum atomic E-state index is 0.377. The molecule has 0 fully saturated rings. The highest BCUT2D eigenvalue weighted by molar-refractivity contribution is 5.85. The van der Waals surface area contributed by atoms with Gasteiger partial charge in [-0.05, 0) is 50.3 Å². The molecule has 0 saturated carbocycles. The molecule has 2 aromatic heterocycles. The molecule has 0 unspecified atom stereocenters. The van der Waals surface area contributed by atoms with Gasteiger partial charge in [0.2, 0.25) is 5.65 Å². The van der Waals surface area contributed by atoms with E-state index >= 15 is 0 Å². The van der Waals surface area contributed by atoms with Crippen LogP contribution in [0.1, 0.15) is 65.1 Å². The van der Waals surface area contributed by atoms with Crippen LogP contribution in [0.25, 0.3) is 16.7 Å². The molecule has 162 valence electrons. The van der Waals surface area contributed by atoms with E-state index in [2.05, 4.69) is 64.2 Å². The smallest absolute Gasteiger partial charge is 0.204 e. The van der Waals surface area contributed by atoms with Crippen molar-refractivity contribution in [2.24, 2.45) is 5.92 Å². The molecule has 7 heteroatoms. The van der Waals surface area contributed by atoms with Gasteiger partial charge in [0.1, 0.15) is 11.6 Å². The highest BCUT2D eigenvalue weighted by Crippen LogP contribution is 2.24. The minimum Gasteiger partial charge on any atom is -0.385 e. The predicted molar refractivity (Wildman–Crippen MR) is 123 cm³/mol. The SMILES string of the molecule is CCCNc1ccc2c(c1)nc(NCCCCCC(=O)CC(C)C)c1nnc(C)n12. The normalized spacial score (nSPS) is 11.5. The lowest BCUT2D eigenvalue weighted by Crippen LogP contribution is -2.08. The van der Waals surface area contributed by atoms with Crippen LogP contribution in [0.4, 0.5) is 11.5 Å². The summed E-state index contributed by atoms with van der Waals surface area (Å²) < 4.78 is 2.05. The average Bonchev–Trinajstić information content (AvgIpc) is 3.10. The third kappa shape index (κ3) is 5.46. The molecule has 2 heterocycles. The molecule has 30 heavy (non-hydrogen) atoms. The Morgan fingerprint density at radius 1 is 1.10 bits per heavy atom. The summed E-state index contributed by atoms with van der Waals surface area (Å²) in [6.07, 6.45) is 5.42. The monoisotopic (exact) mass is 410 g/mol. The summed E-state index contributed by atoms with van der Waals surface area (Å²) >= 11 is 0. The standard InChI is InChI=1S/C23H34N6O/c1-5-12-24-18-10-11-21-20(15-18)26-22(23-28-27-17(4)29(21)23)25-13-8-6-7-9-19(30)14-16(2)3/h10-11,15-16,24H,5-9,12-14H2,1-4H3,(H,25,26). The number of anilines is 2. The van der Waals surface area contributed by atoms with Crippen molar-refractivity contribution >= 4 is 34.0 Å². The third-order valence-corrected chi connectivity index (χ3v) is 5.13. The van der Waals surface area contributed by atoms with Crippen molar-refractivity contribution in [3.63, 3.8) is 0 Å². The fraction of sp³-hybridized carbons (Fsp3) is 0.565. The summed E-state index contributed by atoms with van der Waals surface area (Å²) in [4.78, 5) is 16.7. The van der Waals surface area contributed by atoms with Crippen LogP contribution in [0.15, 0.2) is 18.2 Å². The van der Waals surface area contributed by atoms with Crippen LogP contribution in [-0.2, 0) is 4.79 Å². The molecule has 0 saturated heterocycles. The Labute approximate surface area is 178 Å². The van der Waals surface area contributed by atoms with E-state index < -0.39 is 0 Å². The quantitative estimate of drug-likeness (QED) is 0.409. The van der Waals surface area contributed by atoms with Crippen LogP contribution in [-0.4, -0.2) is 38.5 Å². The number of ketones is 1. The van der Waals surface area contributed by atoms with Gasteiger partial charge in [-0.25, -0.2) is 4.98 Å². The summed E-state index contributed by atoms with van der Waals surface area (Å²) in [6, 6.07) is 6.23. The number of aryl methyl sites for hydroxylation is 1. The summed E-state index contributed by atoms with van der Waals surface area (Å²) in [5.74, 6) is 2.43. The van der Waals surface area contributed by atoms with Gasteiger partial charge in [0.15, 0.2) is 5.82 Å². The second-order valence-corrected chi connectivity index (χ2v) is 8.37. The van der Waals surface area contributed by atoms with Crippen LogP contribution < -0.4 is 10.6 Å². The van der Waals surface area contributed by atoms with Gasteiger partial charge in [-0.1, -0.05) is 27.2 Å². The molecule has 2 N–H and O–H groups in total. The van der Waals surface area contributed by atoms with Crippen molar-refractivity contribution < 1.29 is 4.79 Å². The van der Waals surface area contributed by atoms with Gasteiger partial charge in [-0.15, -0.1) is 10.2 Å². The molecule has 0 aliphatic carbocycles. The van der Waals surface area contributed by atoms with Crippen molar-refractivity contribution in [3.8, 4) is 0 Å². The Balaban J connectivity index is 1.66. The topological polar surface area (TPSA) is 84.2 Å². The van der Waals surface area contributed by atoms with Crippen LogP contribution in [0.3, 0.4) is 0 Å². The fourth-order valence-electron chi connectivity index (χ4n) is 3.66. The van der Waals surface area contributed by atoms with Crippen molar-refractivity contribution in [2.45, 2.75) is 66.2 Å². The first-order valence-electron chi connectivity index (χ1n) is 11.1. The zero-order valence-corrected chi connectivity index (χ0v) is 18.7. The first-order valence-corrected chi connectivity index (χ1v) is 11.1. The molecule has 0 spiro atoms. The number of Topliss-reactive ketones (excluding diaryl/α,β-unsaturated/α-hetero) is 1. The van der Waals surface area contributed by atoms with Gasteiger partial charge in [-0.3, -0.25) is 9.20 Å². The second kappa shape index (κ2) is 10.4. The number of rotatable bonds is 12. The van der Waals surface area contributed by atoms with E-state index in [1.165, 1.54) is 0 Å². The van der Waals surface area contributed by atoms with Crippen molar-refractivity contribution in [1.29, 1.82) is 0 Å². The summed E-state index contributed by atoms with van der Waals surface area (Å²) in [7, 11) is 0. The van der Waals surface area contributed by atoms with Crippen molar-refractivity contribution in [3.05, 3.63) is 24.0 Å². The molecule has 0 aliphatic rings. The van der Waals surface area contributed by atoms with E-state index in [1.54, 1.807) is 0 Å². The Morgan fingerprint density at radius 2 is 1.93 bits per heavy atom. The Kier molecular flexibility index (Phi) is 7.60. The Bertz CT molecular complexity index is 994. The first-order chi connectivity index (χ1) is 14.5. The molecule has 3 rings (SSSR count). The fourth-order valence-corrected chi connectivity index (χ4v) is 3.66. The molecule has 0 bridgehead atoms. The van der Waals surface area contributed by atoms with E-state index in [1.807, 2.05) is 6.92 Å². The van der Waals surface area contributed by atoms with E-state index in [0.717, 1.165) is 72.8 Å².